The molecule has 0 bridgehead atoms. The van der Waals surface area contributed by atoms with Crippen molar-refractivity contribution < 1.29 is 23.9 Å². The van der Waals surface area contributed by atoms with Crippen LogP contribution in [0.15, 0.2) is 22.7 Å². The summed E-state index contributed by atoms with van der Waals surface area (Å²) < 4.78 is 11.8. The Bertz CT molecular complexity index is 830. The van der Waals surface area contributed by atoms with Crippen molar-refractivity contribution in [2.24, 2.45) is 5.92 Å². The summed E-state index contributed by atoms with van der Waals surface area (Å²) in [4.78, 5) is 39.6. The normalized spacial score (nSPS) is 15.7. The fourth-order valence-electron chi connectivity index (χ4n) is 3.97. The lowest BCUT2D eigenvalue weighted by molar-refractivity contribution is -0.147. The van der Waals surface area contributed by atoms with Crippen LogP contribution in [0.4, 0.5) is 0 Å². The number of unbranched alkanes of at least 4 members (excludes halogenated alkanes) is 7. The van der Waals surface area contributed by atoms with E-state index >= 15 is 0 Å². The van der Waals surface area contributed by atoms with Crippen molar-refractivity contribution in [2.75, 3.05) is 26.3 Å². The number of hydrogen-bond acceptors (Lipinski definition) is 5. The zero-order chi connectivity index (χ0) is 25.6. The van der Waals surface area contributed by atoms with Gasteiger partial charge in [0.1, 0.15) is 11.8 Å². The summed E-state index contributed by atoms with van der Waals surface area (Å²) in [5.74, 6) is -0.0355. The second kappa shape index (κ2) is 15.8. The molecule has 1 aromatic carbocycles. The molecule has 1 atom stereocenters. The van der Waals surface area contributed by atoms with Gasteiger partial charge in [-0.1, -0.05) is 65.7 Å². The predicted molar refractivity (Wildman–Crippen MR) is 140 cm³/mol. The SMILES string of the molecule is CCCCCCCCCCOC(=O)CC1C(=O)NCCN1C(=O)c1ccc(OCC(C)C)c(Br)c1. The first-order valence-electron chi connectivity index (χ1n) is 13.0. The third-order valence-corrected chi connectivity index (χ3v) is 6.58. The second-order valence-corrected chi connectivity index (χ2v) is 10.4. The molecule has 1 aromatic rings. The van der Waals surface area contributed by atoms with Gasteiger partial charge >= 0.3 is 5.97 Å². The first kappa shape index (κ1) is 29.1. The van der Waals surface area contributed by atoms with Crippen LogP contribution in [-0.2, 0) is 14.3 Å². The Balaban J connectivity index is 1.86. The van der Waals surface area contributed by atoms with Crippen molar-refractivity contribution in [1.29, 1.82) is 0 Å². The van der Waals surface area contributed by atoms with Crippen molar-refractivity contribution in [3.63, 3.8) is 0 Å². The number of piperazine rings is 1. The van der Waals surface area contributed by atoms with E-state index in [1.165, 1.54) is 37.0 Å². The first-order valence-corrected chi connectivity index (χ1v) is 13.8. The van der Waals surface area contributed by atoms with E-state index < -0.39 is 12.0 Å². The molecule has 1 fully saturated rings. The van der Waals surface area contributed by atoms with Gasteiger partial charge in [-0.3, -0.25) is 14.4 Å². The van der Waals surface area contributed by atoms with Gasteiger partial charge < -0.3 is 19.7 Å². The highest BCUT2D eigenvalue weighted by atomic mass is 79.9. The Morgan fingerprint density at radius 2 is 1.80 bits per heavy atom. The lowest BCUT2D eigenvalue weighted by Gasteiger charge is -2.34. The third kappa shape index (κ3) is 10.2. The molecule has 1 heterocycles. The van der Waals surface area contributed by atoms with Gasteiger partial charge in [0.05, 0.1) is 24.1 Å². The predicted octanol–water partition coefficient (Wildman–Crippen LogP) is 5.50. The molecule has 1 unspecified atom stereocenters. The number of halogens is 1. The van der Waals surface area contributed by atoms with Crippen LogP contribution < -0.4 is 10.1 Å². The van der Waals surface area contributed by atoms with Gasteiger partial charge in [-0.25, -0.2) is 0 Å². The molecule has 1 aliphatic heterocycles. The van der Waals surface area contributed by atoms with E-state index in [0.29, 0.717) is 48.0 Å². The van der Waals surface area contributed by atoms with Gasteiger partial charge in [0, 0.05) is 18.7 Å². The lowest BCUT2D eigenvalue weighted by Crippen LogP contribution is -2.57. The Morgan fingerprint density at radius 1 is 1.11 bits per heavy atom. The molecule has 1 aliphatic rings. The Hall–Kier alpha value is -2.09. The van der Waals surface area contributed by atoms with E-state index in [2.05, 4.69) is 42.0 Å². The largest absolute Gasteiger partial charge is 0.492 e. The zero-order valence-electron chi connectivity index (χ0n) is 21.4. The molecular formula is C27H41BrN2O5. The van der Waals surface area contributed by atoms with Crippen LogP contribution in [0.25, 0.3) is 0 Å². The highest BCUT2D eigenvalue weighted by Crippen LogP contribution is 2.27. The van der Waals surface area contributed by atoms with Gasteiger partial charge in [-0.15, -0.1) is 0 Å². The Kier molecular flexibility index (Phi) is 13.2. The minimum absolute atomic E-state index is 0.147. The maximum atomic E-state index is 13.2. The first-order chi connectivity index (χ1) is 16.8. The van der Waals surface area contributed by atoms with Crippen LogP contribution in [-0.4, -0.2) is 55.0 Å². The van der Waals surface area contributed by atoms with Crippen molar-refractivity contribution in [2.45, 2.75) is 84.6 Å². The molecule has 8 heteroatoms. The average Bonchev–Trinajstić information content (AvgIpc) is 2.83. The average molecular weight is 554 g/mol. The molecule has 1 saturated heterocycles. The fourth-order valence-corrected chi connectivity index (χ4v) is 4.47. The number of hydrogen-bond donors (Lipinski definition) is 1. The van der Waals surface area contributed by atoms with Crippen LogP contribution in [0.1, 0.15) is 88.9 Å². The van der Waals surface area contributed by atoms with Crippen LogP contribution in [0.3, 0.4) is 0 Å². The van der Waals surface area contributed by atoms with Crippen LogP contribution >= 0.6 is 15.9 Å². The monoisotopic (exact) mass is 552 g/mol. The smallest absolute Gasteiger partial charge is 0.308 e. The van der Waals surface area contributed by atoms with Crippen molar-refractivity contribution >= 4 is 33.7 Å². The van der Waals surface area contributed by atoms with E-state index in [1.54, 1.807) is 18.2 Å². The number of nitrogens with one attached hydrogen (secondary N) is 1. The third-order valence-electron chi connectivity index (χ3n) is 5.96. The van der Waals surface area contributed by atoms with E-state index in [9.17, 15) is 14.4 Å². The van der Waals surface area contributed by atoms with E-state index in [-0.39, 0.29) is 18.2 Å². The standard InChI is InChI=1S/C27H41BrN2O5/c1-4-5-6-7-8-9-10-11-16-34-25(31)18-23-26(32)29-14-15-30(23)27(33)21-12-13-24(22(28)17-21)35-19-20(2)3/h12-13,17,20,23H,4-11,14-16,18-19H2,1-3H3,(H,29,32). The molecule has 0 radical (unpaired) electrons. The van der Waals surface area contributed by atoms with Gasteiger partial charge in [-0.2, -0.15) is 0 Å². The number of carbonyl (C=O) groups is 3. The van der Waals surface area contributed by atoms with Gasteiger partial charge in [0.25, 0.3) is 5.91 Å². The highest BCUT2D eigenvalue weighted by molar-refractivity contribution is 9.10. The lowest BCUT2D eigenvalue weighted by atomic mass is 10.1. The van der Waals surface area contributed by atoms with Gasteiger partial charge in [0.15, 0.2) is 0 Å². The molecule has 1 N–H and O–H groups in total. The molecule has 196 valence electrons. The number of carbonyl (C=O) groups excluding carboxylic acids is 3. The fraction of sp³-hybridized carbons (Fsp3) is 0.667. The molecule has 2 rings (SSSR count). The molecular weight excluding hydrogens is 512 g/mol. The number of benzene rings is 1. The van der Waals surface area contributed by atoms with Crippen LogP contribution in [0.2, 0.25) is 0 Å². The Morgan fingerprint density at radius 3 is 2.46 bits per heavy atom. The second-order valence-electron chi connectivity index (χ2n) is 9.55. The maximum absolute atomic E-state index is 13.2. The van der Waals surface area contributed by atoms with Crippen molar-refractivity contribution in [3.05, 3.63) is 28.2 Å². The zero-order valence-corrected chi connectivity index (χ0v) is 23.0. The number of ether oxygens (including phenoxy) is 2. The Labute approximate surface area is 218 Å². The summed E-state index contributed by atoms with van der Waals surface area (Å²) in [5.41, 5.74) is 0.431. The topological polar surface area (TPSA) is 84.9 Å². The number of esters is 1. The highest BCUT2D eigenvalue weighted by Gasteiger charge is 2.35. The number of amides is 2. The maximum Gasteiger partial charge on any atom is 0.308 e. The molecule has 2 amide bonds. The van der Waals surface area contributed by atoms with Gasteiger partial charge in [-0.05, 0) is 46.5 Å². The summed E-state index contributed by atoms with van der Waals surface area (Å²) in [5, 5.41) is 2.76. The van der Waals surface area contributed by atoms with Gasteiger partial charge in [0.2, 0.25) is 5.91 Å². The van der Waals surface area contributed by atoms with Crippen molar-refractivity contribution in [3.8, 4) is 5.75 Å². The summed E-state index contributed by atoms with van der Waals surface area (Å²) in [7, 11) is 0. The quantitative estimate of drug-likeness (QED) is 0.229. The van der Waals surface area contributed by atoms with Crippen molar-refractivity contribution in [1.82, 2.24) is 10.2 Å². The summed E-state index contributed by atoms with van der Waals surface area (Å²) in [6.07, 6.45) is 9.15. The summed E-state index contributed by atoms with van der Waals surface area (Å²) in [6.45, 7) is 7.94. The molecule has 0 spiro atoms. The van der Waals surface area contributed by atoms with E-state index in [4.69, 9.17) is 9.47 Å². The number of nitrogens with zero attached hydrogens (tertiary/aromatic N) is 1. The molecule has 0 saturated carbocycles. The minimum atomic E-state index is -0.877. The summed E-state index contributed by atoms with van der Waals surface area (Å²) >= 11 is 3.47. The summed E-state index contributed by atoms with van der Waals surface area (Å²) in [6, 6.07) is 4.25. The number of rotatable bonds is 15. The molecule has 35 heavy (non-hydrogen) atoms. The van der Waals surface area contributed by atoms with Crippen LogP contribution in [0.5, 0.6) is 5.75 Å². The van der Waals surface area contributed by atoms with E-state index in [0.717, 1.165) is 19.3 Å². The molecule has 0 aliphatic carbocycles. The molecule has 0 aromatic heterocycles. The van der Waals surface area contributed by atoms with E-state index in [1.807, 2.05) is 0 Å². The van der Waals surface area contributed by atoms with Crippen LogP contribution in [0, 0.1) is 5.92 Å². The minimum Gasteiger partial charge on any atom is -0.492 e. The molecule has 7 nitrogen and oxygen atoms in total.